The van der Waals surface area contributed by atoms with Crippen LogP contribution in [0.1, 0.15) is 33.6 Å². The van der Waals surface area contributed by atoms with Gasteiger partial charge in [-0.05, 0) is 24.2 Å². The fourth-order valence-corrected chi connectivity index (χ4v) is 1.57. The van der Waals surface area contributed by atoms with Crippen LogP contribution in [0.25, 0.3) is 0 Å². The Morgan fingerprint density at radius 1 is 1.36 bits per heavy atom. The summed E-state index contributed by atoms with van der Waals surface area (Å²) < 4.78 is 0. The van der Waals surface area contributed by atoms with Gasteiger partial charge in [0.1, 0.15) is 0 Å². The van der Waals surface area contributed by atoms with Gasteiger partial charge in [-0.3, -0.25) is 0 Å². The van der Waals surface area contributed by atoms with E-state index >= 15 is 0 Å². The third kappa shape index (κ3) is 2.33. The molecule has 1 heteroatoms. The lowest BCUT2D eigenvalue weighted by atomic mass is 9.74. The number of rotatable bonds is 0. The number of aliphatic hydroxyl groups excluding tert-OH is 1. The lowest BCUT2D eigenvalue weighted by Crippen LogP contribution is -2.26. The van der Waals surface area contributed by atoms with E-state index in [-0.39, 0.29) is 6.10 Å². The molecule has 0 aromatic rings. The van der Waals surface area contributed by atoms with Crippen molar-refractivity contribution in [1.29, 1.82) is 0 Å². The maximum absolute atomic E-state index is 9.36. The van der Waals surface area contributed by atoms with Gasteiger partial charge in [0, 0.05) is 0 Å². The van der Waals surface area contributed by atoms with Gasteiger partial charge >= 0.3 is 0 Å². The van der Waals surface area contributed by atoms with Crippen molar-refractivity contribution in [3.05, 3.63) is 12.2 Å². The van der Waals surface area contributed by atoms with Gasteiger partial charge in [0.25, 0.3) is 0 Å². The van der Waals surface area contributed by atoms with Gasteiger partial charge in [0.05, 0.1) is 6.10 Å². The van der Waals surface area contributed by atoms with E-state index in [2.05, 4.69) is 26.8 Å². The Hall–Kier alpha value is -0.300. The Morgan fingerprint density at radius 2 is 2.00 bits per heavy atom. The summed E-state index contributed by atoms with van der Waals surface area (Å²) in [5.41, 5.74) is 0.339. The Balaban J connectivity index is 2.57. The van der Waals surface area contributed by atoms with Crippen LogP contribution in [-0.4, -0.2) is 11.2 Å². The van der Waals surface area contributed by atoms with Gasteiger partial charge in [-0.2, -0.15) is 0 Å². The molecule has 11 heavy (non-hydrogen) atoms. The van der Waals surface area contributed by atoms with E-state index in [0.29, 0.717) is 11.3 Å². The summed E-state index contributed by atoms with van der Waals surface area (Å²) in [5, 5.41) is 9.36. The standard InChI is InChI=1S/C10H18O/c1-10(2,3)8-5-4-6-9(11)7-8/h4,6,8-9,11H,5,7H2,1-3H3/t8?,9-/m1/s1. The molecule has 2 atom stereocenters. The van der Waals surface area contributed by atoms with Crippen molar-refractivity contribution in [2.45, 2.75) is 39.7 Å². The van der Waals surface area contributed by atoms with Crippen molar-refractivity contribution < 1.29 is 5.11 Å². The third-order valence-electron chi connectivity index (χ3n) is 2.53. The summed E-state index contributed by atoms with van der Waals surface area (Å²) in [6, 6.07) is 0. The minimum atomic E-state index is -0.201. The van der Waals surface area contributed by atoms with E-state index in [1.54, 1.807) is 0 Å². The predicted molar refractivity (Wildman–Crippen MR) is 47.3 cm³/mol. The highest BCUT2D eigenvalue weighted by molar-refractivity contribution is 4.98. The second-order valence-corrected chi connectivity index (χ2v) is 4.53. The number of hydrogen-bond donors (Lipinski definition) is 1. The zero-order valence-electron chi connectivity index (χ0n) is 7.67. The first-order valence-corrected chi connectivity index (χ1v) is 4.35. The molecule has 0 aromatic heterocycles. The van der Waals surface area contributed by atoms with Crippen LogP contribution in [0.15, 0.2) is 12.2 Å². The maximum atomic E-state index is 9.36. The molecule has 64 valence electrons. The van der Waals surface area contributed by atoms with E-state index in [1.807, 2.05) is 6.08 Å². The van der Waals surface area contributed by atoms with Gasteiger partial charge < -0.3 is 5.11 Å². The fourth-order valence-electron chi connectivity index (χ4n) is 1.57. The smallest absolute Gasteiger partial charge is 0.0723 e. The van der Waals surface area contributed by atoms with Crippen LogP contribution in [-0.2, 0) is 0 Å². The molecule has 0 saturated heterocycles. The number of aliphatic hydroxyl groups is 1. The summed E-state index contributed by atoms with van der Waals surface area (Å²) >= 11 is 0. The van der Waals surface area contributed by atoms with Crippen LogP contribution in [0.5, 0.6) is 0 Å². The van der Waals surface area contributed by atoms with E-state index in [1.165, 1.54) is 0 Å². The van der Waals surface area contributed by atoms with E-state index < -0.39 is 0 Å². The molecular weight excluding hydrogens is 136 g/mol. The molecule has 0 heterocycles. The lowest BCUT2D eigenvalue weighted by molar-refractivity contribution is 0.124. The zero-order chi connectivity index (χ0) is 8.48. The van der Waals surface area contributed by atoms with E-state index in [0.717, 1.165) is 12.8 Å². The highest BCUT2D eigenvalue weighted by atomic mass is 16.3. The normalized spacial score (nSPS) is 32.4. The molecule has 0 aromatic carbocycles. The van der Waals surface area contributed by atoms with Crippen LogP contribution in [0, 0.1) is 11.3 Å². The van der Waals surface area contributed by atoms with E-state index in [9.17, 15) is 5.11 Å². The van der Waals surface area contributed by atoms with Gasteiger partial charge in [-0.25, -0.2) is 0 Å². The summed E-state index contributed by atoms with van der Waals surface area (Å²) in [6.07, 6.45) is 5.86. The van der Waals surface area contributed by atoms with Crippen molar-refractivity contribution >= 4 is 0 Å². The van der Waals surface area contributed by atoms with Crippen molar-refractivity contribution in [3.8, 4) is 0 Å². The number of allylic oxidation sites excluding steroid dienone is 1. The van der Waals surface area contributed by atoms with Gasteiger partial charge in [0.2, 0.25) is 0 Å². The molecule has 1 N–H and O–H groups in total. The first-order valence-electron chi connectivity index (χ1n) is 4.35. The summed E-state index contributed by atoms with van der Waals surface area (Å²) in [4.78, 5) is 0. The Bertz CT molecular complexity index is 153. The van der Waals surface area contributed by atoms with Crippen molar-refractivity contribution in [3.63, 3.8) is 0 Å². The van der Waals surface area contributed by atoms with Gasteiger partial charge in [0.15, 0.2) is 0 Å². The topological polar surface area (TPSA) is 20.2 Å². The fraction of sp³-hybridized carbons (Fsp3) is 0.800. The minimum absolute atomic E-state index is 0.201. The minimum Gasteiger partial charge on any atom is -0.389 e. The molecule has 1 unspecified atom stereocenters. The van der Waals surface area contributed by atoms with Crippen LogP contribution < -0.4 is 0 Å². The molecule has 1 aliphatic carbocycles. The van der Waals surface area contributed by atoms with Crippen LogP contribution >= 0.6 is 0 Å². The number of hydrogen-bond acceptors (Lipinski definition) is 1. The van der Waals surface area contributed by atoms with Crippen molar-refractivity contribution in [2.75, 3.05) is 0 Å². The largest absolute Gasteiger partial charge is 0.389 e. The van der Waals surface area contributed by atoms with Crippen LogP contribution in [0.3, 0.4) is 0 Å². The molecule has 0 bridgehead atoms. The molecule has 1 nitrogen and oxygen atoms in total. The van der Waals surface area contributed by atoms with E-state index in [4.69, 9.17) is 0 Å². The molecule has 0 radical (unpaired) electrons. The predicted octanol–water partition coefficient (Wildman–Crippen LogP) is 2.36. The Morgan fingerprint density at radius 3 is 2.36 bits per heavy atom. The average molecular weight is 154 g/mol. The van der Waals surface area contributed by atoms with Gasteiger partial charge in [-0.15, -0.1) is 0 Å². The third-order valence-corrected chi connectivity index (χ3v) is 2.53. The van der Waals surface area contributed by atoms with Gasteiger partial charge in [-0.1, -0.05) is 32.9 Å². The first kappa shape index (κ1) is 8.79. The highest BCUT2D eigenvalue weighted by Crippen LogP contribution is 2.34. The molecule has 0 saturated carbocycles. The first-order chi connectivity index (χ1) is 5.00. The Kier molecular flexibility index (Phi) is 2.38. The second-order valence-electron chi connectivity index (χ2n) is 4.53. The Labute approximate surface area is 69.1 Å². The molecule has 1 aliphatic rings. The monoisotopic (exact) mass is 154 g/mol. The SMILES string of the molecule is CC(C)(C)C1CC=C[C@@H](O)C1. The lowest BCUT2D eigenvalue weighted by Gasteiger charge is -2.33. The molecule has 0 aliphatic heterocycles. The molecule has 1 rings (SSSR count). The van der Waals surface area contributed by atoms with Crippen molar-refractivity contribution in [1.82, 2.24) is 0 Å². The summed E-state index contributed by atoms with van der Waals surface area (Å²) in [7, 11) is 0. The van der Waals surface area contributed by atoms with Crippen LogP contribution in [0.2, 0.25) is 0 Å². The quantitative estimate of drug-likeness (QED) is 0.531. The summed E-state index contributed by atoms with van der Waals surface area (Å²) in [5.74, 6) is 0.641. The molecule has 0 amide bonds. The second kappa shape index (κ2) is 2.98. The van der Waals surface area contributed by atoms with Crippen LogP contribution in [0.4, 0.5) is 0 Å². The molecule has 0 fully saturated rings. The highest BCUT2D eigenvalue weighted by Gasteiger charge is 2.27. The zero-order valence-corrected chi connectivity index (χ0v) is 7.67. The maximum Gasteiger partial charge on any atom is 0.0723 e. The average Bonchev–Trinajstić information content (AvgIpc) is 1.86. The van der Waals surface area contributed by atoms with Crippen molar-refractivity contribution in [2.24, 2.45) is 11.3 Å². The summed E-state index contributed by atoms with van der Waals surface area (Å²) in [6.45, 7) is 6.72. The molecule has 0 spiro atoms. The molecular formula is C10H18O.